The molecule has 2 amide bonds. The van der Waals surface area contributed by atoms with Gasteiger partial charge in [0.1, 0.15) is 12.4 Å². The minimum atomic E-state index is -0.260. The van der Waals surface area contributed by atoms with E-state index in [-0.39, 0.29) is 30.7 Å². The van der Waals surface area contributed by atoms with Crippen molar-refractivity contribution in [1.82, 2.24) is 20.1 Å². The molecule has 2 fully saturated rings. The van der Waals surface area contributed by atoms with E-state index >= 15 is 0 Å². The number of rotatable bonds is 14. The number of piperazine rings is 1. The maximum Gasteiger partial charge on any atom is 0.410 e. The third kappa shape index (κ3) is 10.3. The predicted molar refractivity (Wildman–Crippen MR) is 216 cm³/mol. The van der Waals surface area contributed by atoms with Crippen LogP contribution in [0.4, 0.5) is 10.5 Å². The van der Waals surface area contributed by atoms with Gasteiger partial charge in [-0.05, 0) is 105 Å². The minimum absolute atomic E-state index is 0.142. The second-order valence-corrected chi connectivity index (χ2v) is 14.5. The van der Waals surface area contributed by atoms with Crippen LogP contribution in [-0.4, -0.2) is 91.9 Å². The summed E-state index contributed by atoms with van der Waals surface area (Å²) >= 11 is 0. The van der Waals surface area contributed by atoms with Crippen LogP contribution >= 0.6 is 0 Å². The van der Waals surface area contributed by atoms with Crippen molar-refractivity contribution in [2.75, 3.05) is 64.0 Å². The second-order valence-electron chi connectivity index (χ2n) is 14.5. The molecular weight excluding hydrogens is 695 g/mol. The highest BCUT2D eigenvalue weighted by Gasteiger charge is 2.26. The number of aryl methyl sites for hydroxylation is 2. The van der Waals surface area contributed by atoms with Crippen LogP contribution in [0.2, 0.25) is 0 Å². The van der Waals surface area contributed by atoms with Crippen molar-refractivity contribution in [3.63, 3.8) is 0 Å². The van der Waals surface area contributed by atoms with Gasteiger partial charge in [0.15, 0.2) is 0 Å². The van der Waals surface area contributed by atoms with Crippen molar-refractivity contribution in [3.8, 4) is 16.9 Å². The second kappa shape index (κ2) is 19.0. The zero-order valence-electron chi connectivity index (χ0n) is 32.7. The first kappa shape index (κ1) is 39.6. The van der Waals surface area contributed by atoms with Crippen LogP contribution in [0, 0.1) is 20.8 Å². The number of H-pyrrole nitrogens is 1. The molecule has 0 saturated carbocycles. The maximum absolute atomic E-state index is 13.9. The van der Waals surface area contributed by atoms with E-state index in [1.807, 2.05) is 87.5 Å². The fraction of sp³-hybridized carbons (Fsp3) is 0.432. The number of carbonyl (C=O) groups excluding carboxylic acids is 2. The van der Waals surface area contributed by atoms with Crippen LogP contribution in [0.5, 0.6) is 5.75 Å². The predicted octanol–water partition coefficient (Wildman–Crippen LogP) is 6.63. The highest BCUT2D eigenvalue weighted by Crippen LogP contribution is 2.34. The fourth-order valence-corrected chi connectivity index (χ4v) is 7.57. The van der Waals surface area contributed by atoms with Gasteiger partial charge in [0.05, 0.1) is 6.61 Å². The number of anilines is 1. The molecule has 3 aromatic carbocycles. The molecule has 2 aliphatic heterocycles. The normalized spacial score (nSPS) is 15.1. The third-order valence-electron chi connectivity index (χ3n) is 10.7. The Bertz CT molecular complexity index is 1950. The number of benzene rings is 3. The highest BCUT2D eigenvalue weighted by atomic mass is 16.6. The molecule has 0 bridgehead atoms. The number of aromatic nitrogens is 1. The van der Waals surface area contributed by atoms with Gasteiger partial charge in [-0.1, -0.05) is 42.5 Å². The van der Waals surface area contributed by atoms with Crippen molar-refractivity contribution in [2.45, 2.75) is 66.2 Å². The fourth-order valence-electron chi connectivity index (χ4n) is 7.57. The first-order valence-electron chi connectivity index (χ1n) is 19.6. The van der Waals surface area contributed by atoms with Crippen molar-refractivity contribution in [3.05, 3.63) is 117 Å². The monoisotopic (exact) mass is 749 g/mol. The van der Waals surface area contributed by atoms with Gasteiger partial charge in [0.25, 0.3) is 11.5 Å². The van der Waals surface area contributed by atoms with E-state index < -0.39 is 0 Å². The number of ether oxygens (including phenoxy) is 3. The molecule has 0 aliphatic carbocycles. The van der Waals surface area contributed by atoms with Gasteiger partial charge in [-0.3, -0.25) is 14.5 Å². The van der Waals surface area contributed by atoms with Crippen LogP contribution in [0.15, 0.2) is 77.6 Å². The zero-order chi connectivity index (χ0) is 38.7. The number of nitrogens with one attached hydrogen (secondary N) is 2. The van der Waals surface area contributed by atoms with Gasteiger partial charge in [0, 0.05) is 87.6 Å². The molecule has 292 valence electrons. The zero-order valence-corrected chi connectivity index (χ0v) is 32.7. The number of carbonyl (C=O) groups is 2. The van der Waals surface area contributed by atoms with Gasteiger partial charge in [-0.15, -0.1) is 0 Å². The molecule has 0 spiro atoms. The molecule has 0 radical (unpaired) electrons. The number of pyridine rings is 1. The SMILES string of the molecule is CCN(c1cc(-c2ccc(OCCCN3CCN(C(=O)OCc4ccccc4)CC3)cc2)cc(C(=O)NCc2c(C)cc(C)[nH]c2=O)c1C)C1CCOCC1. The molecule has 1 aromatic heterocycles. The first-order valence-corrected chi connectivity index (χ1v) is 19.6. The molecule has 55 heavy (non-hydrogen) atoms. The molecule has 0 atom stereocenters. The van der Waals surface area contributed by atoms with Crippen LogP contribution in [0.3, 0.4) is 0 Å². The first-order chi connectivity index (χ1) is 26.7. The summed E-state index contributed by atoms with van der Waals surface area (Å²) in [5.41, 5.74) is 7.46. The van der Waals surface area contributed by atoms with Crippen LogP contribution in [-0.2, 0) is 22.6 Å². The molecule has 11 nitrogen and oxygen atoms in total. The molecule has 11 heteroatoms. The molecule has 4 aromatic rings. The Balaban J connectivity index is 1.07. The smallest absolute Gasteiger partial charge is 0.410 e. The Morgan fingerprint density at radius 2 is 1.65 bits per heavy atom. The molecule has 6 rings (SSSR count). The number of hydrogen-bond donors (Lipinski definition) is 2. The summed E-state index contributed by atoms with van der Waals surface area (Å²) in [6.45, 7) is 15.0. The molecule has 2 N–H and O–H groups in total. The topological polar surface area (TPSA) is 116 Å². The Labute approximate surface area is 324 Å². The highest BCUT2D eigenvalue weighted by molar-refractivity contribution is 5.99. The van der Waals surface area contributed by atoms with Crippen LogP contribution in [0.25, 0.3) is 11.1 Å². The van der Waals surface area contributed by atoms with E-state index in [0.717, 1.165) is 104 Å². The van der Waals surface area contributed by atoms with Gasteiger partial charge in [-0.25, -0.2) is 4.79 Å². The standard InChI is InChI=1S/C44H55N5O6/c1-5-49(37-16-24-53-25-17-37)41-28-36(27-39(33(41)4)42(50)45-29-40-31(2)26-32(3)46-43(40)51)35-12-14-38(15-13-35)54-23-9-18-47-19-21-48(22-20-47)44(52)55-30-34-10-7-6-8-11-34/h6-8,10-15,26-28,37H,5,9,16-25,29-30H2,1-4H3,(H,45,50)(H,46,51). The summed E-state index contributed by atoms with van der Waals surface area (Å²) in [5.74, 6) is 0.573. The van der Waals surface area contributed by atoms with Crippen molar-refractivity contribution < 1.29 is 23.8 Å². The number of amides is 2. The minimum Gasteiger partial charge on any atom is -0.494 e. The van der Waals surface area contributed by atoms with Gasteiger partial charge in [0.2, 0.25) is 0 Å². The Morgan fingerprint density at radius 3 is 2.35 bits per heavy atom. The van der Waals surface area contributed by atoms with E-state index in [9.17, 15) is 14.4 Å². The van der Waals surface area contributed by atoms with Crippen LogP contribution < -0.4 is 20.5 Å². The van der Waals surface area contributed by atoms with E-state index in [4.69, 9.17) is 14.2 Å². The van der Waals surface area contributed by atoms with Crippen molar-refractivity contribution in [1.29, 1.82) is 0 Å². The van der Waals surface area contributed by atoms with Crippen molar-refractivity contribution >= 4 is 17.7 Å². The molecule has 2 aliphatic rings. The van der Waals surface area contributed by atoms with Crippen LogP contribution in [0.1, 0.15) is 64.5 Å². The average Bonchev–Trinajstić information content (AvgIpc) is 3.20. The summed E-state index contributed by atoms with van der Waals surface area (Å²) in [5, 5.41) is 3.03. The lowest BCUT2D eigenvalue weighted by Gasteiger charge is -2.37. The largest absolute Gasteiger partial charge is 0.494 e. The lowest BCUT2D eigenvalue weighted by Crippen LogP contribution is -2.49. The Morgan fingerprint density at radius 1 is 0.927 bits per heavy atom. The summed E-state index contributed by atoms with van der Waals surface area (Å²) in [7, 11) is 0. The molecule has 3 heterocycles. The van der Waals surface area contributed by atoms with E-state index in [0.29, 0.717) is 36.9 Å². The molecule has 0 unspecified atom stereocenters. The molecule has 2 saturated heterocycles. The summed E-state index contributed by atoms with van der Waals surface area (Å²) in [4.78, 5) is 48.5. The van der Waals surface area contributed by atoms with Gasteiger partial charge >= 0.3 is 6.09 Å². The number of aromatic amines is 1. The summed E-state index contributed by atoms with van der Waals surface area (Å²) < 4.78 is 17.3. The summed E-state index contributed by atoms with van der Waals surface area (Å²) in [6, 6.07) is 24.2. The van der Waals surface area contributed by atoms with E-state index in [2.05, 4.69) is 33.1 Å². The third-order valence-corrected chi connectivity index (χ3v) is 10.7. The summed E-state index contributed by atoms with van der Waals surface area (Å²) in [6.07, 6.45) is 2.47. The Hall–Kier alpha value is -5.13. The quantitative estimate of drug-likeness (QED) is 0.138. The lowest BCUT2D eigenvalue weighted by atomic mass is 9.95. The number of hydrogen-bond acceptors (Lipinski definition) is 8. The van der Waals surface area contributed by atoms with E-state index in [1.165, 1.54) is 0 Å². The average molecular weight is 750 g/mol. The lowest BCUT2D eigenvalue weighted by molar-refractivity contribution is 0.0704. The van der Waals surface area contributed by atoms with Gasteiger partial charge in [-0.2, -0.15) is 0 Å². The Kier molecular flexibility index (Phi) is 13.6. The molecular formula is C44H55N5O6. The van der Waals surface area contributed by atoms with Gasteiger partial charge < -0.3 is 34.3 Å². The number of nitrogens with zero attached hydrogens (tertiary/aromatic N) is 3. The van der Waals surface area contributed by atoms with E-state index in [1.54, 1.807) is 4.90 Å². The maximum atomic E-state index is 13.9. The van der Waals surface area contributed by atoms with Crippen molar-refractivity contribution in [2.24, 2.45) is 0 Å².